The molecule has 0 heterocycles. The van der Waals surface area contributed by atoms with Gasteiger partial charge < -0.3 is 10.2 Å². The molecule has 4 aromatic carbocycles. The molecule has 2 heteroatoms. The number of aliphatic hydroxyl groups excluding tert-OH is 2. The molecule has 1 aliphatic carbocycles. The molecular formula is C31H38O2. The number of aliphatic hydroxyl groups is 2. The monoisotopic (exact) mass is 442 g/mol. The van der Waals surface area contributed by atoms with Crippen LogP contribution < -0.4 is 0 Å². The molecule has 1 aliphatic rings. The third-order valence-electron chi connectivity index (χ3n) is 5.37. The van der Waals surface area contributed by atoms with Crippen molar-refractivity contribution in [2.45, 2.75) is 33.1 Å². The number of hydrogen-bond acceptors (Lipinski definition) is 2. The van der Waals surface area contributed by atoms with Gasteiger partial charge in [0.05, 0.1) is 5.41 Å². The summed E-state index contributed by atoms with van der Waals surface area (Å²) >= 11 is 0. The van der Waals surface area contributed by atoms with Crippen molar-refractivity contribution in [1.82, 2.24) is 0 Å². The summed E-state index contributed by atoms with van der Waals surface area (Å²) in [5.74, 6) is 0. The standard InChI is InChI=1S/C25H18.2C2H6.2CH4O/c1-3-11-19(12-4-1)25(20-13-5-2-6-14-20)23-17-9-7-15-21(23)22-16-8-10-18-24(22)25;4*1-2/h1-18H;2*1-2H3;2*2H,1H3. The van der Waals surface area contributed by atoms with Crippen molar-refractivity contribution in [3.63, 3.8) is 0 Å². The Bertz CT molecular complexity index is 953. The number of rotatable bonds is 2. The van der Waals surface area contributed by atoms with Crippen molar-refractivity contribution < 1.29 is 10.2 Å². The van der Waals surface area contributed by atoms with E-state index in [1.54, 1.807) is 0 Å². The van der Waals surface area contributed by atoms with Gasteiger partial charge in [-0.05, 0) is 33.4 Å². The maximum Gasteiger partial charge on any atom is 0.0713 e. The van der Waals surface area contributed by atoms with E-state index in [1.165, 1.54) is 33.4 Å². The van der Waals surface area contributed by atoms with Gasteiger partial charge in [-0.15, -0.1) is 0 Å². The van der Waals surface area contributed by atoms with Crippen molar-refractivity contribution in [3.8, 4) is 11.1 Å². The Morgan fingerprint density at radius 3 is 1.00 bits per heavy atom. The number of fused-ring (bicyclic) bond motifs is 3. The van der Waals surface area contributed by atoms with Gasteiger partial charge in [-0.1, -0.05) is 137 Å². The van der Waals surface area contributed by atoms with Gasteiger partial charge in [0, 0.05) is 14.2 Å². The Morgan fingerprint density at radius 1 is 0.394 bits per heavy atom. The zero-order valence-corrected chi connectivity index (χ0v) is 20.8. The van der Waals surface area contributed by atoms with Gasteiger partial charge in [-0.3, -0.25) is 0 Å². The number of benzene rings is 4. The molecule has 0 aromatic heterocycles. The highest BCUT2D eigenvalue weighted by Crippen LogP contribution is 2.55. The van der Waals surface area contributed by atoms with Crippen LogP contribution in [0.4, 0.5) is 0 Å². The molecule has 0 bridgehead atoms. The molecule has 4 aromatic rings. The molecule has 0 fully saturated rings. The van der Waals surface area contributed by atoms with E-state index in [9.17, 15) is 0 Å². The van der Waals surface area contributed by atoms with Gasteiger partial charge in [0.1, 0.15) is 0 Å². The zero-order chi connectivity index (χ0) is 24.7. The molecule has 0 amide bonds. The summed E-state index contributed by atoms with van der Waals surface area (Å²) in [5, 5.41) is 14.0. The second-order valence-electron chi connectivity index (χ2n) is 6.57. The second kappa shape index (κ2) is 14.8. The van der Waals surface area contributed by atoms with Gasteiger partial charge in [0.25, 0.3) is 0 Å². The summed E-state index contributed by atoms with van der Waals surface area (Å²) in [7, 11) is 2.00. The van der Waals surface area contributed by atoms with E-state index in [-0.39, 0.29) is 5.41 Å². The Labute approximate surface area is 200 Å². The van der Waals surface area contributed by atoms with Crippen molar-refractivity contribution in [2.24, 2.45) is 0 Å². The van der Waals surface area contributed by atoms with E-state index in [1.807, 2.05) is 27.7 Å². The lowest BCUT2D eigenvalue weighted by molar-refractivity contribution is 0.399. The molecule has 0 aliphatic heterocycles. The summed E-state index contributed by atoms with van der Waals surface area (Å²) in [6, 6.07) is 39.5. The molecule has 2 nitrogen and oxygen atoms in total. The van der Waals surface area contributed by atoms with Crippen LogP contribution in [-0.2, 0) is 5.41 Å². The minimum absolute atomic E-state index is 0.254. The molecule has 0 unspecified atom stereocenters. The fourth-order valence-corrected chi connectivity index (χ4v) is 4.40. The van der Waals surface area contributed by atoms with Crippen LogP contribution in [0.5, 0.6) is 0 Å². The average molecular weight is 443 g/mol. The van der Waals surface area contributed by atoms with Crippen LogP contribution in [0.3, 0.4) is 0 Å². The summed E-state index contributed by atoms with van der Waals surface area (Å²) in [6.07, 6.45) is 0. The SMILES string of the molecule is CC.CC.CO.CO.c1ccc(C2(c3ccccc3)c3ccccc3-c3ccccc32)cc1. The van der Waals surface area contributed by atoms with Crippen molar-refractivity contribution in [3.05, 3.63) is 131 Å². The molecule has 174 valence electrons. The fourth-order valence-electron chi connectivity index (χ4n) is 4.40. The predicted octanol–water partition coefficient (Wildman–Crippen LogP) is 7.32. The van der Waals surface area contributed by atoms with E-state index in [0.29, 0.717) is 0 Å². The van der Waals surface area contributed by atoms with Gasteiger partial charge in [0.2, 0.25) is 0 Å². The first-order chi connectivity index (χ1) is 16.4. The second-order valence-corrected chi connectivity index (χ2v) is 6.57. The lowest BCUT2D eigenvalue weighted by Gasteiger charge is -2.33. The molecule has 0 atom stereocenters. The van der Waals surface area contributed by atoms with E-state index < -0.39 is 0 Å². The summed E-state index contributed by atoms with van der Waals surface area (Å²) in [5.41, 5.74) is 7.80. The normalized spacial score (nSPS) is 11.3. The summed E-state index contributed by atoms with van der Waals surface area (Å²) in [4.78, 5) is 0. The van der Waals surface area contributed by atoms with Gasteiger partial charge in [-0.25, -0.2) is 0 Å². The molecule has 5 rings (SSSR count). The first-order valence-corrected chi connectivity index (χ1v) is 11.6. The minimum atomic E-state index is -0.254. The highest BCUT2D eigenvalue weighted by atomic mass is 16.2. The Hall–Kier alpha value is -3.20. The van der Waals surface area contributed by atoms with Crippen LogP contribution >= 0.6 is 0 Å². The largest absolute Gasteiger partial charge is 0.400 e. The first-order valence-electron chi connectivity index (χ1n) is 11.6. The van der Waals surface area contributed by atoms with Crippen molar-refractivity contribution >= 4 is 0 Å². The van der Waals surface area contributed by atoms with E-state index in [2.05, 4.69) is 109 Å². The maximum absolute atomic E-state index is 7.00. The van der Waals surface area contributed by atoms with E-state index in [0.717, 1.165) is 14.2 Å². The van der Waals surface area contributed by atoms with Crippen LogP contribution in [0.15, 0.2) is 109 Å². The maximum atomic E-state index is 7.00. The lowest BCUT2D eigenvalue weighted by atomic mass is 9.68. The Kier molecular flexibility index (Phi) is 12.5. The van der Waals surface area contributed by atoms with Crippen molar-refractivity contribution in [1.29, 1.82) is 0 Å². The molecule has 0 radical (unpaired) electrons. The molecule has 0 saturated carbocycles. The molecule has 33 heavy (non-hydrogen) atoms. The fraction of sp³-hybridized carbons (Fsp3) is 0.226. The minimum Gasteiger partial charge on any atom is -0.400 e. The topological polar surface area (TPSA) is 40.5 Å². The quantitative estimate of drug-likeness (QED) is 0.301. The molecule has 0 saturated heterocycles. The van der Waals surface area contributed by atoms with Gasteiger partial charge in [0.15, 0.2) is 0 Å². The summed E-state index contributed by atoms with van der Waals surface area (Å²) in [6.45, 7) is 8.00. The predicted molar refractivity (Wildman–Crippen MR) is 143 cm³/mol. The van der Waals surface area contributed by atoms with Crippen LogP contribution in [0.1, 0.15) is 49.9 Å². The van der Waals surface area contributed by atoms with E-state index >= 15 is 0 Å². The van der Waals surface area contributed by atoms with Crippen LogP contribution in [0, 0.1) is 0 Å². The molecule has 2 N–H and O–H groups in total. The highest BCUT2D eigenvalue weighted by molar-refractivity contribution is 5.86. The zero-order valence-electron chi connectivity index (χ0n) is 20.8. The highest BCUT2D eigenvalue weighted by Gasteiger charge is 2.45. The van der Waals surface area contributed by atoms with Crippen LogP contribution in [-0.4, -0.2) is 24.4 Å². The third kappa shape index (κ3) is 5.24. The molecule has 0 spiro atoms. The lowest BCUT2D eigenvalue weighted by Crippen LogP contribution is -2.28. The van der Waals surface area contributed by atoms with Crippen LogP contribution in [0.2, 0.25) is 0 Å². The number of hydrogen-bond donors (Lipinski definition) is 2. The molecular weight excluding hydrogens is 404 g/mol. The first kappa shape index (κ1) is 27.8. The van der Waals surface area contributed by atoms with Gasteiger partial charge >= 0.3 is 0 Å². The average Bonchev–Trinajstić information content (AvgIpc) is 3.25. The Morgan fingerprint density at radius 2 is 0.667 bits per heavy atom. The van der Waals surface area contributed by atoms with Crippen molar-refractivity contribution in [2.75, 3.05) is 14.2 Å². The van der Waals surface area contributed by atoms with Crippen LogP contribution in [0.25, 0.3) is 11.1 Å². The van der Waals surface area contributed by atoms with Gasteiger partial charge in [-0.2, -0.15) is 0 Å². The smallest absolute Gasteiger partial charge is 0.0713 e. The summed E-state index contributed by atoms with van der Waals surface area (Å²) < 4.78 is 0. The third-order valence-corrected chi connectivity index (χ3v) is 5.37. The Balaban J connectivity index is 0.000000619. The van der Waals surface area contributed by atoms with E-state index in [4.69, 9.17) is 10.2 Å².